The summed E-state index contributed by atoms with van der Waals surface area (Å²) < 4.78 is 37.7. The van der Waals surface area contributed by atoms with Gasteiger partial charge >= 0.3 is 6.18 Å². The summed E-state index contributed by atoms with van der Waals surface area (Å²) in [6, 6.07) is 9.55. The van der Waals surface area contributed by atoms with Gasteiger partial charge in [-0.25, -0.2) is 9.98 Å². The quantitative estimate of drug-likeness (QED) is 0.657. The zero-order valence-electron chi connectivity index (χ0n) is 13.6. The van der Waals surface area contributed by atoms with E-state index in [2.05, 4.69) is 30.4 Å². The SMILES string of the molecule is FC(F)(F)c1n[nH]c(CN=C(Nc2ccccc2)N2CCCCC2)n1. The number of guanidine groups is 1. The van der Waals surface area contributed by atoms with Crippen LogP contribution in [0.1, 0.15) is 30.9 Å². The van der Waals surface area contributed by atoms with E-state index in [0.717, 1.165) is 31.6 Å². The van der Waals surface area contributed by atoms with Crippen molar-refractivity contribution in [3.8, 4) is 0 Å². The minimum Gasteiger partial charge on any atom is -0.343 e. The number of hydrogen-bond acceptors (Lipinski definition) is 3. The molecule has 6 nitrogen and oxygen atoms in total. The minimum absolute atomic E-state index is 0.00521. The number of hydrogen-bond donors (Lipinski definition) is 2. The molecule has 1 fully saturated rings. The van der Waals surface area contributed by atoms with Crippen molar-refractivity contribution in [2.45, 2.75) is 32.0 Å². The van der Waals surface area contributed by atoms with Gasteiger partial charge in [-0.05, 0) is 31.4 Å². The Balaban J connectivity index is 1.75. The van der Waals surface area contributed by atoms with Gasteiger partial charge in [0.15, 0.2) is 5.96 Å². The molecule has 0 bridgehead atoms. The molecule has 3 rings (SSSR count). The van der Waals surface area contributed by atoms with Crippen molar-refractivity contribution >= 4 is 11.6 Å². The Labute approximate surface area is 143 Å². The van der Waals surface area contributed by atoms with Crippen LogP contribution in [0.3, 0.4) is 0 Å². The van der Waals surface area contributed by atoms with Crippen LogP contribution in [0.2, 0.25) is 0 Å². The number of rotatable bonds is 3. The first-order valence-corrected chi connectivity index (χ1v) is 8.12. The summed E-state index contributed by atoms with van der Waals surface area (Å²) in [6.07, 6.45) is -1.26. The highest BCUT2D eigenvalue weighted by atomic mass is 19.4. The molecule has 2 aromatic rings. The number of benzene rings is 1. The van der Waals surface area contributed by atoms with Crippen molar-refractivity contribution in [1.82, 2.24) is 20.1 Å². The first kappa shape index (κ1) is 17.2. The number of aromatic amines is 1. The maximum Gasteiger partial charge on any atom is 0.453 e. The lowest BCUT2D eigenvalue weighted by Crippen LogP contribution is -2.40. The molecule has 0 atom stereocenters. The number of piperidine rings is 1. The van der Waals surface area contributed by atoms with E-state index in [1.54, 1.807) is 0 Å². The van der Waals surface area contributed by atoms with Crippen LogP contribution >= 0.6 is 0 Å². The number of likely N-dealkylation sites (tertiary alicyclic amines) is 1. The Morgan fingerprint density at radius 1 is 1.16 bits per heavy atom. The number of nitrogens with zero attached hydrogens (tertiary/aromatic N) is 4. The fraction of sp³-hybridized carbons (Fsp3) is 0.438. The number of aromatic nitrogens is 3. The van der Waals surface area contributed by atoms with Crippen molar-refractivity contribution in [2.75, 3.05) is 18.4 Å². The third-order valence-corrected chi connectivity index (χ3v) is 3.85. The van der Waals surface area contributed by atoms with Gasteiger partial charge in [0.05, 0.1) is 0 Å². The molecule has 0 unspecified atom stereocenters. The molecule has 0 radical (unpaired) electrons. The van der Waals surface area contributed by atoms with Crippen molar-refractivity contribution in [3.05, 3.63) is 42.0 Å². The molecule has 0 aliphatic carbocycles. The molecule has 0 spiro atoms. The molecule has 25 heavy (non-hydrogen) atoms. The molecule has 1 aromatic heterocycles. The van der Waals surface area contributed by atoms with Gasteiger partial charge in [-0.2, -0.15) is 13.2 Å². The molecule has 134 valence electrons. The van der Waals surface area contributed by atoms with Gasteiger partial charge < -0.3 is 10.2 Å². The van der Waals surface area contributed by atoms with Gasteiger partial charge in [-0.15, -0.1) is 5.10 Å². The van der Waals surface area contributed by atoms with E-state index in [1.165, 1.54) is 6.42 Å². The smallest absolute Gasteiger partial charge is 0.343 e. The summed E-state index contributed by atoms with van der Waals surface area (Å²) >= 11 is 0. The van der Waals surface area contributed by atoms with Crippen LogP contribution in [0.4, 0.5) is 18.9 Å². The van der Waals surface area contributed by atoms with E-state index in [0.29, 0.717) is 5.96 Å². The summed E-state index contributed by atoms with van der Waals surface area (Å²) in [5, 5.41) is 8.75. The van der Waals surface area contributed by atoms with Crippen LogP contribution in [-0.2, 0) is 12.7 Å². The van der Waals surface area contributed by atoms with Crippen LogP contribution in [0.25, 0.3) is 0 Å². The predicted molar refractivity (Wildman–Crippen MR) is 88.0 cm³/mol. The lowest BCUT2D eigenvalue weighted by molar-refractivity contribution is -0.144. The Hall–Kier alpha value is -2.58. The standard InChI is InChI=1S/C16H19F3N6/c17-16(18,19)14-22-13(23-24-14)11-20-15(25-9-5-2-6-10-25)21-12-7-3-1-4-8-12/h1,3-4,7-8H,2,5-6,9-11H2,(H,20,21)(H,22,23,24). The lowest BCUT2D eigenvalue weighted by Gasteiger charge is -2.30. The van der Waals surface area contributed by atoms with Crippen LogP contribution in [0, 0.1) is 0 Å². The summed E-state index contributed by atoms with van der Waals surface area (Å²) in [6.45, 7) is 1.72. The van der Waals surface area contributed by atoms with Gasteiger partial charge in [0.25, 0.3) is 5.82 Å². The maximum atomic E-state index is 12.6. The third kappa shape index (κ3) is 4.71. The highest BCUT2D eigenvalue weighted by Gasteiger charge is 2.36. The minimum atomic E-state index is -4.56. The van der Waals surface area contributed by atoms with Gasteiger partial charge in [-0.1, -0.05) is 18.2 Å². The maximum absolute atomic E-state index is 12.6. The van der Waals surface area contributed by atoms with Crippen molar-refractivity contribution < 1.29 is 13.2 Å². The number of alkyl halides is 3. The topological polar surface area (TPSA) is 69.2 Å². The van der Waals surface area contributed by atoms with E-state index in [-0.39, 0.29) is 12.4 Å². The molecular weight excluding hydrogens is 333 g/mol. The molecule has 2 N–H and O–H groups in total. The number of para-hydroxylation sites is 1. The summed E-state index contributed by atoms with van der Waals surface area (Å²) in [5.41, 5.74) is 0.875. The van der Waals surface area contributed by atoms with Crippen molar-refractivity contribution in [3.63, 3.8) is 0 Å². The monoisotopic (exact) mass is 352 g/mol. The number of H-pyrrole nitrogens is 1. The first-order chi connectivity index (χ1) is 12.0. The van der Waals surface area contributed by atoms with Crippen LogP contribution in [0.5, 0.6) is 0 Å². The van der Waals surface area contributed by atoms with Crippen molar-refractivity contribution in [1.29, 1.82) is 0 Å². The molecule has 0 amide bonds. The lowest BCUT2D eigenvalue weighted by atomic mass is 10.1. The zero-order chi connectivity index (χ0) is 17.7. The van der Waals surface area contributed by atoms with Crippen LogP contribution in [0.15, 0.2) is 35.3 Å². The van der Waals surface area contributed by atoms with E-state index >= 15 is 0 Å². The fourth-order valence-corrected chi connectivity index (χ4v) is 2.62. The second-order valence-electron chi connectivity index (χ2n) is 5.78. The molecule has 1 aliphatic rings. The fourth-order valence-electron chi connectivity index (χ4n) is 2.62. The molecule has 1 aromatic carbocycles. The zero-order valence-corrected chi connectivity index (χ0v) is 13.6. The van der Waals surface area contributed by atoms with Gasteiger partial charge in [0.2, 0.25) is 0 Å². The Kier molecular flexibility index (Phi) is 5.20. The van der Waals surface area contributed by atoms with E-state index in [1.807, 2.05) is 30.3 Å². The van der Waals surface area contributed by atoms with Crippen LogP contribution in [-0.4, -0.2) is 39.1 Å². The Bertz CT molecular complexity index is 704. The summed E-state index contributed by atoms with van der Waals surface area (Å²) in [4.78, 5) is 10.0. The Morgan fingerprint density at radius 3 is 2.52 bits per heavy atom. The first-order valence-electron chi connectivity index (χ1n) is 8.12. The van der Waals surface area contributed by atoms with Gasteiger partial charge in [0, 0.05) is 18.8 Å². The number of halogens is 3. The Morgan fingerprint density at radius 2 is 1.88 bits per heavy atom. The average molecular weight is 352 g/mol. The normalized spacial score (nSPS) is 16.1. The number of anilines is 1. The van der Waals surface area contributed by atoms with Gasteiger partial charge in [-0.3, -0.25) is 5.10 Å². The molecule has 9 heteroatoms. The summed E-state index contributed by atoms with van der Waals surface area (Å²) in [7, 11) is 0. The molecule has 1 aliphatic heterocycles. The predicted octanol–water partition coefficient (Wildman–Crippen LogP) is 3.28. The average Bonchev–Trinajstić information content (AvgIpc) is 3.10. The van der Waals surface area contributed by atoms with E-state index in [4.69, 9.17) is 0 Å². The summed E-state index contributed by atoms with van der Waals surface area (Å²) in [5.74, 6) is -0.458. The van der Waals surface area contributed by atoms with Crippen molar-refractivity contribution in [2.24, 2.45) is 4.99 Å². The number of nitrogens with one attached hydrogen (secondary N) is 2. The molecule has 2 heterocycles. The van der Waals surface area contributed by atoms with Gasteiger partial charge in [0.1, 0.15) is 12.4 Å². The molecule has 0 saturated carbocycles. The highest BCUT2D eigenvalue weighted by Crippen LogP contribution is 2.25. The second-order valence-corrected chi connectivity index (χ2v) is 5.78. The van der Waals surface area contributed by atoms with Crippen LogP contribution < -0.4 is 5.32 Å². The molecular formula is C16H19F3N6. The highest BCUT2D eigenvalue weighted by molar-refractivity contribution is 5.93. The largest absolute Gasteiger partial charge is 0.453 e. The third-order valence-electron chi connectivity index (χ3n) is 3.85. The molecule has 1 saturated heterocycles. The van der Waals surface area contributed by atoms with E-state index in [9.17, 15) is 13.2 Å². The van der Waals surface area contributed by atoms with E-state index < -0.39 is 12.0 Å². The number of aliphatic imine (C=N–C) groups is 1. The second kappa shape index (κ2) is 7.54.